The van der Waals surface area contributed by atoms with Crippen molar-refractivity contribution in [2.45, 2.75) is 5.25 Å². The second-order valence-electron chi connectivity index (χ2n) is 3.37. The molecule has 88 valence electrons. The number of carbonyl (C=O) groups is 1. The van der Waals surface area contributed by atoms with Crippen molar-refractivity contribution in [2.24, 2.45) is 0 Å². The number of aliphatic hydroxyl groups is 1. The van der Waals surface area contributed by atoms with E-state index in [4.69, 9.17) is 5.11 Å². The van der Waals surface area contributed by atoms with Crippen molar-refractivity contribution in [3.63, 3.8) is 0 Å². The number of rotatable bonds is 4. The molecule has 4 nitrogen and oxygen atoms in total. The van der Waals surface area contributed by atoms with E-state index in [2.05, 4.69) is 15.9 Å². The van der Waals surface area contributed by atoms with Crippen molar-refractivity contribution >= 4 is 31.6 Å². The first-order chi connectivity index (χ1) is 7.36. The molecule has 0 radical (unpaired) electrons. The summed E-state index contributed by atoms with van der Waals surface area (Å²) in [4.78, 5) is 11.8. The SMILES string of the molecule is CS(=O)(=O)[C@@H](CO)C(=O)c1ccc(Br)cc1. The zero-order valence-corrected chi connectivity index (χ0v) is 11.0. The topological polar surface area (TPSA) is 71.4 Å². The fraction of sp³-hybridized carbons (Fsp3) is 0.300. The van der Waals surface area contributed by atoms with Gasteiger partial charge in [-0.15, -0.1) is 0 Å². The first kappa shape index (κ1) is 13.3. The van der Waals surface area contributed by atoms with E-state index in [0.717, 1.165) is 10.7 Å². The molecule has 1 aromatic rings. The van der Waals surface area contributed by atoms with Crippen LogP contribution in [0.2, 0.25) is 0 Å². The van der Waals surface area contributed by atoms with Gasteiger partial charge in [-0.25, -0.2) is 8.42 Å². The van der Waals surface area contributed by atoms with Gasteiger partial charge in [0.2, 0.25) is 0 Å². The Hall–Kier alpha value is -0.720. The van der Waals surface area contributed by atoms with Crippen LogP contribution in [0.15, 0.2) is 28.7 Å². The standard InChI is InChI=1S/C10H11BrO4S/c1-16(14,15)9(6-12)10(13)7-2-4-8(11)5-3-7/h2-5,9,12H,6H2,1H3/t9-/m0/s1. The Labute approximate surface area is 102 Å². The van der Waals surface area contributed by atoms with Crippen LogP contribution in [0, 0.1) is 0 Å². The predicted molar refractivity (Wildman–Crippen MR) is 64.2 cm³/mol. The molecule has 1 rings (SSSR count). The van der Waals surface area contributed by atoms with E-state index in [1.807, 2.05) is 0 Å². The van der Waals surface area contributed by atoms with Crippen molar-refractivity contribution in [1.29, 1.82) is 0 Å². The zero-order valence-electron chi connectivity index (χ0n) is 8.55. The highest BCUT2D eigenvalue weighted by molar-refractivity contribution is 9.10. The number of carbonyl (C=O) groups excluding carboxylic acids is 1. The first-order valence-electron chi connectivity index (χ1n) is 4.45. The monoisotopic (exact) mass is 306 g/mol. The minimum Gasteiger partial charge on any atom is -0.395 e. The second kappa shape index (κ2) is 5.07. The molecule has 0 amide bonds. The minimum atomic E-state index is -3.58. The molecule has 0 saturated carbocycles. The summed E-state index contributed by atoms with van der Waals surface area (Å²) < 4.78 is 23.3. The molecule has 0 saturated heterocycles. The maximum Gasteiger partial charge on any atom is 0.183 e. The molecule has 1 N–H and O–H groups in total. The first-order valence-corrected chi connectivity index (χ1v) is 7.20. The average Bonchev–Trinajstić information content (AvgIpc) is 2.17. The number of hydrogen-bond donors (Lipinski definition) is 1. The van der Waals surface area contributed by atoms with Crippen molar-refractivity contribution in [1.82, 2.24) is 0 Å². The predicted octanol–water partition coefficient (Wildman–Crippen LogP) is 1.04. The highest BCUT2D eigenvalue weighted by Gasteiger charge is 2.28. The van der Waals surface area contributed by atoms with Gasteiger partial charge in [-0.2, -0.15) is 0 Å². The largest absolute Gasteiger partial charge is 0.395 e. The molecule has 1 atom stereocenters. The number of ketones is 1. The number of hydrogen-bond acceptors (Lipinski definition) is 4. The quantitative estimate of drug-likeness (QED) is 0.844. The number of sulfone groups is 1. The number of benzene rings is 1. The summed E-state index contributed by atoms with van der Waals surface area (Å²) in [6.07, 6.45) is 0.935. The lowest BCUT2D eigenvalue weighted by Gasteiger charge is -2.10. The summed E-state index contributed by atoms with van der Waals surface area (Å²) >= 11 is 3.21. The van der Waals surface area contributed by atoms with E-state index in [9.17, 15) is 13.2 Å². The van der Waals surface area contributed by atoms with Crippen LogP contribution in [0.4, 0.5) is 0 Å². The Bertz CT molecular complexity index is 478. The normalized spacial score (nSPS) is 13.4. The smallest absolute Gasteiger partial charge is 0.183 e. The maximum atomic E-state index is 11.8. The number of Topliss-reactive ketones (excluding diaryl/α,β-unsaturated/α-hetero) is 1. The average molecular weight is 307 g/mol. The maximum absolute atomic E-state index is 11.8. The molecule has 0 aliphatic heterocycles. The summed E-state index contributed by atoms with van der Waals surface area (Å²) in [5, 5.41) is 7.56. The molecular formula is C10H11BrO4S. The molecule has 0 bridgehead atoms. The molecule has 0 unspecified atom stereocenters. The molecule has 1 aromatic carbocycles. The van der Waals surface area contributed by atoms with E-state index in [1.165, 1.54) is 12.1 Å². The van der Waals surface area contributed by atoms with Gasteiger partial charge < -0.3 is 5.11 Å². The summed E-state index contributed by atoms with van der Waals surface area (Å²) in [6.45, 7) is -0.701. The number of halogens is 1. The molecule has 16 heavy (non-hydrogen) atoms. The van der Waals surface area contributed by atoms with Gasteiger partial charge >= 0.3 is 0 Å². The Morgan fingerprint density at radius 2 is 1.88 bits per heavy atom. The van der Waals surface area contributed by atoms with Crippen LogP contribution in [-0.2, 0) is 9.84 Å². The van der Waals surface area contributed by atoms with Crippen molar-refractivity contribution < 1.29 is 18.3 Å². The van der Waals surface area contributed by atoms with Gasteiger partial charge in [0.25, 0.3) is 0 Å². The molecule has 0 aliphatic rings. The van der Waals surface area contributed by atoms with Crippen molar-refractivity contribution in [2.75, 3.05) is 12.9 Å². The van der Waals surface area contributed by atoms with Crippen LogP contribution in [0.3, 0.4) is 0 Å². The van der Waals surface area contributed by atoms with Crippen LogP contribution in [0.25, 0.3) is 0 Å². The van der Waals surface area contributed by atoms with E-state index in [1.54, 1.807) is 12.1 Å². The van der Waals surface area contributed by atoms with Crippen LogP contribution in [-0.4, -0.2) is 37.4 Å². The highest BCUT2D eigenvalue weighted by Crippen LogP contribution is 2.14. The highest BCUT2D eigenvalue weighted by atomic mass is 79.9. The third-order valence-corrected chi connectivity index (χ3v) is 4.03. The van der Waals surface area contributed by atoms with Gasteiger partial charge in [0.1, 0.15) is 5.25 Å². The minimum absolute atomic E-state index is 0.271. The van der Waals surface area contributed by atoms with Gasteiger partial charge in [-0.05, 0) is 12.1 Å². The molecule has 0 spiro atoms. The van der Waals surface area contributed by atoms with E-state index >= 15 is 0 Å². The van der Waals surface area contributed by atoms with Gasteiger partial charge in [-0.1, -0.05) is 28.1 Å². The van der Waals surface area contributed by atoms with Crippen LogP contribution >= 0.6 is 15.9 Å². The molecule has 6 heteroatoms. The van der Waals surface area contributed by atoms with Crippen LogP contribution in [0.1, 0.15) is 10.4 Å². The van der Waals surface area contributed by atoms with Gasteiger partial charge in [0, 0.05) is 16.3 Å². The molecule has 0 aliphatic carbocycles. The zero-order chi connectivity index (χ0) is 12.3. The van der Waals surface area contributed by atoms with Gasteiger partial charge in [0.15, 0.2) is 15.6 Å². The summed E-state index contributed by atoms with van der Waals surface area (Å²) in [6, 6.07) is 6.31. The van der Waals surface area contributed by atoms with E-state index in [0.29, 0.717) is 0 Å². The molecule has 0 fully saturated rings. The van der Waals surface area contributed by atoms with E-state index < -0.39 is 27.5 Å². The van der Waals surface area contributed by atoms with Gasteiger partial charge in [0.05, 0.1) is 6.61 Å². The molecule has 0 heterocycles. The Kier molecular flexibility index (Phi) is 4.23. The summed E-state index contributed by atoms with van der Waals surface area (Å²) in [5.41, 5.74) is 0.271. The fourth-order valence-corrected chi connectivity index (χ4v) is 2.27. The second-order valence-corrected chi connectivity index (χ2v) is 6.52. The Balaban J connectivity index is 3.06. The summed E-state index contributed by atoms with van der Waals surface area (Å²) in [5.74, 6) is -0.586. The van der Waals surface area contributed by atoms with Gasteiger partial charge in [-0.3, -0.25) is 4.79 Å². The summed E-state index contributed by atoms with van der Waals surface area (Å²) in [7, 11) is -3.58. The van der Waals surface area contributed by atoms with E-state index in [-0.39, 0.29) is 5.56 Å². The third-order valence-electron chi connectivity index (χ3n) is 2.10. The lowest BCUT2D eigenvalue weighted by Crippen LogP contribution is -2.33. The van der Waals surface area contributed by atoms with Crippen LogP contribution in [0.5, 0.6) is 0 Å². The Morgan fingerprint density at radius 1 is 1.38 bits per heavy atom. The molecule has 0 aromatic heterocycles. The van der Waals surface area contributed by atoms with Crippen molar-refractivity contribution in [3.8, 4) is 0 Å². The third kappa shape index (κ3) is 3.13. The van der Waals surface area contributed by atoms with Crippen molar-refractivity contribution in [3.05, 3.63) is 34.3 Å². The lowest BCUT2D eigenvalue weighted by molar-refractivity contribution is 0.0962. The lowest BCUT2D eigenvalue weighted by atomic mass is 10.1. The molecular weight excluding hydrogens is 296 g/mol. The van der Waals surface area contributed by atoms with Crippen LogP contribution < -0.4 is 0 Å². The Morgan fingerprint density at radius 3 is 2.25 bits per heavy atom. The fourth-order valence-electron chi connectivity index (χ4n) is 1.21. The number of aliphatic hydroxyl groups excluding tert-OH is 1.